The van der Waals surface area contributed by atoms with Crippen LogP contribution in [0.3, 0.4) is 0 Å². The van der Waals surface area contributed by atoms with Crippen molar-refractivity contribution in [1.29, 1.82) is 0 Å². The molecule has 2 N–H and O–H groups in total. The molecule has 1 fully saturated rings. The third kappa shape index (κ3) is 4.87. The molecule has 0 bridgehead atoms. The SMILES string of the molecule is CC(C(=O)NC1CC1)N(C)CC(=O)Nc1ccc(Cl)c(Cl)c1. The lowest BCUT2D eigenvalue weighted by molar-refractivity contribution is -0.126. The maximum atomic E-state index is 12.0. The number of rotatable bonds is 6. The first-order chi connectivity index (χ1) is 10.4. The van der Waals surface area contributed by atoms with Crippen LogP contribution in [0.4, 0.5) is 5.69 Å². The highest BCUT2D eigenvalue weighted by molar-refractivity contribution is 6.42. The predicted octanol–water partition coefficient (Wildman–Crippen LogP) is 2.53. The van der Waals surface area contributed by atoms with Crippen molar-refractivity contribution in [2.75, 3.05) is 18.9 Å². The van der Waals surface area contributed by atoms with E-state index in [1.807, 2.05) is 0 Å². The Morgan fingerprint density at radius 1 is 1.32 bits per heavy atom. The van der Waals surface area contributed by atoms with Gasteiger partial charge in [0.2, 0.25) is 11.8 Å². The smallest absolute Gasteiger partial charge is 0.238 e. The minimum absolute atomic E-state index is 0.0488. The fourth-order valence-corrected chi connectivity index (χ4v) is 2.19. The van der Waals surface area contributed by atoms with Crippen LogP contribution in [0.25, 0.3) is 0 Å². The van der Waals surface area contributed by atoms with Gasteiger partial charge in [0.05, 0.1) is 22.6 Å². The second-order valence-electron chi connectivity index (χ2n) is 5.55. The number of amides is 2. The number of nitrogens with zero attached hydrogens (tertiary/aromatic N) is 1. The number of carbonyl (C=O) groups is 2. The molecule has 7 heteroatoms. The van der Waals surface area contributed by atoms with Gasteiger partial charge in [0.1, 0.15) is 0 Å². The van der Waals surface area contributed by atoms with E-state index in [1.54, 1.807) is 37.1 Å². The normalized spacial score (nSPS) is 15.5. The van der Waals surface area contributed by atoms with Crippen molar-refractivity contribution in [3.05, 3.63) is 28.2 Å². The quantitative estimate of drug-likeness (QED) is 0.834. The Morgan fingerprint density at radius 2 is 2.00 bits per heavy atom. The number of hydrogen-bond donors (Lipinski definition) is 2. The summed E-state index contributed by atoms with van der Waals surface area (Å²) >= 11 is 11.7. The Kier molecular flexibility index (Phi) is 5.67. The van der Waals surface area contributed by atoms with Crippen LogP contribution >= 0.6 is 23.2 Å². The Balaban J connectivity index is 1.84. The molecule has 1 saturated carbocycles. The number of benzene rings is 1. The van der Waals surface area contributed by atoms with Crippen LogP contribution in [0.15, 0.2) is 18.2 Å². The van der Waals surface area contributed by atoms with Crippen LogP contribution in [0, 0.1) is 0 Å². The van der Waals surface area contributed by atoms with Gasteiger partial charge in [0, 0.05) is 11.7 Å². The lowest BCUT2D eigenvalue weighted by atomic mass is 10.2. The lowest BCUT2D eigenvalue weighted by Crippen LogP contribution is -2.46. The zero-order chi connectivity index (χ0) is 16.3. The minimum Gasteiger partial charge on any atom is -0.352 e. The molecular formula is C15H19Cl2N3O2. The van der Waals surface area contributed by atoms with Crippen LogP contribution in [0.1, 0.15) is 19.8 Å². The summed E-state index contributed by atoms with van der Waals surface area (Å²) in [7, 11) is 1.74. The highest BCUT2D eigenvalue weighted by Crippen LogP contribution is 2.25. The first-order valence-corrected chi connectivity index (χ1v) is 7.88. The van der Waals surface area contributed by atoms with Gasteiger partial charge in [-0.2, -0.15) is 0 Å². The van der Waals surface area contributed by atoms with Crippen LogP contribution in [-0.4, -0.2) is 42.4 Å². The Hall–Kier alpha value is -1.30. The Morgan fingerprint density at radius 3 is 2.59 bits per heavy atom. The molecule has 1 atom stereocenters. The summed E-state index contributed by atoms with van der Waals surface area (Å²) in [6.07, 6.45) is 2.08. The molecule has 0 saturated heterocycles. The topological polar surface area (TPSA) is 61.4 Å². The molecule has 1 aliphatic rings. The second kappa shape index (κ2) is 7.31. The zero-order valence-corrected chi connectivity index (χ0v) is 14.0. The third-order valence-electron chi connectivity index (χ3n) is 3.56. The molecule has 0 spiro atoms. The number of hydrogen-bond acceptors (Lipinski definition) is 3. The van der Waals surface area contributed by atoms with Crippen molar-refractivity contribution >= 4 is 40.7 Å². The molecule has 1 aromatic carbocycles. The van der Waals surface area contributed by atoms with E-state index in [2.05, 4.69) is 10.6 Å². The standard InChI is InChI=1S/C15H19Cl2N3O2/c1-9(15(22)19-10-3-4-10)20(2)8-14(21)18-11-5-6-12(16)13(17)7-11/h5-7,9-10H,3-4,8H2,1-2H3,(H,18,21)(H,19,22). The monoisotopic (exact) mass is 343 g/mol. The summed E-state index contributed by atoms with van der Waals surface area (Å²) in [5, 5.41) is 6.47. The summed E-state index contributed by atoms with van der Waals surface area (Å²) < 4.78 is 0. The van der Waals surface area contributed by atoms with Crippen molar-refractivity contribution < 1.29 is 9.59 Å². The van der Waals surface area contributed by atoms with Crippen LogP contribution in [0.5, 0.6) is 0 Å². The molecule has 2 amide bonds. The van der Waals surface area contributed by atoms with Gasteiger partial charge in [-0.05, 0) is 45.0 Å². The largest absolute Gasteiger partial charge is 0.352 e. The number of halogens is 2. The zero-order valence-electron chi connectivity index (χ0n) is 12.5. The summed E-state index contributed by atoms with van der Waals surface area (Å²) in [4.78, 5) is 25.7. The van der Waals surface area contributed by atoms with E-state index in [0.717, 1.165) is 12.8 Å². The fraction of sp³-hybridized carbons (Fsp3) is 0.467. The maximum Gasteiger partial charge on any atom is 0.238 e. The Bertz CT molecular complexity index is 576. The van der Waals surface area contributed by atoms with Crippen molar-refractivity contribution in [1.82, 2.24) is 10.2 Å². The number of likely N-dealkylation sites (N-methyl/N-ethyl adjacent to an activating group) is 1. The molecule has 0 aliphatic heterocycles. The van der Waals surface area contributed by atoms with E-state index in [9.17, 15) is 9.59 Å². The van der Waals surface area contributed by atoms with Crippen LogP contribution in [0.2, 0.25) is 10.0 Å². The van der Waals surface area contributed by atoms with Gasteiger partial charge in [0.25, 0.3) is 0 Å². The highest BCUT2D eigenvalue weighted by Gasteiger charge is 2.27. The second-order valence-corrected chi connectivity index (χ2v) is 6.37. The molecule has 5 nitrogen and oxygen atoms in total. The molecule has 2 rings (SSSR count). The van der Waals surface area contributed by atoms with Gasteiger partial charge in [0.15, 0.2) is 0 Å². The maximum absolute atomic E-state index is 12.0. The van der Waals surface area contributed by atoms with E-state index in [1.165, 1.54) is 0 Å². The summed E-state index contributed by atoms with van der Waals surface area (Å²) in [6, 6.07) is 4.84. The van der Waals surface area contributed by atoms with E-state index in [0.29, 0.717) is 21.8 Å². The third-order valence-corrected chi connectivity index (χ3v) is 4.30. The van der Waals surface area contributed by atoms with Crippen molar-refractivity contribution in [2.24, 2.45) is 0 Å². The van der Waals surface area contributed by atoms with Crippen molar-refractivity contribution in [2.45, 2.75) is 31.8 Å². The van der Waals surface area contributed by atoms with Gasteiger partial charge in [-0.3, -0.25) is 14.5 Å². The van der Waals surface area contributed by atoms with E-state index < -0.39 is 0 Å². The van der Waals surface area contributed by atoms with Gasteiger partial charge in [-0.1, -0.05) is 23.2 Å². The van der Waals surface area contributed by atoms with Gasteiger partial charge in [-0.25, -0.2) is 0 Å². The van der Waals surface area contributed by atoms with Crippen LogP contribution in [-0.2, 0) is 9.59 Å². The number of carbonyl (C=O) groups excluding carboxylic acids is 2. The minimum atomic E-state index is -0.361. The predicted molar refractivity (Wildman–Crippen MR) is 88.3 cm³/mol. The first kappa shape index (κ1) is 17.1. The number of anilines is 1. The van der Waals surface area contributed by atoms with Crippen molar-refractivity contribution in [3.63, 3.8) is 0 Å². The Labute approximate surface area is 139 Å². The molecule has 22 heavy (non-hydrogen) atoms. The molecule has 0 heterocycles. The molecule has 1 aromatic rings. The average Bonchev–Trinajstić information content (AvgIpc) is 3.25. The van der Waals surface area contributed by atoms with Gasteiger partial charge in [-0.15, -0.1) is 0 Å². The molecule has 1 aliphatic carbocycles. The van der Waals surface area contributed by atoms with Crippen molar-refractivity contribution in [3.8, 4) is 0 Å². The lowest BCUT2D eigenvalue weighted by Gasteiger charge is -2.23. The fourth-order valence-electron chi connectivity index (χ4n) is 1.89. The van der Waals surface area contributed by atoms with Gasteiger partial charge < -0.3 is 10.6 Å². The molecular weight excluding hydrogens is 325 g/mol. The summed E-state index contributed by atoms with van der Waals surface area (Å²) in [6.45, 7) is 1.89. The van der Waals surface area contributed by atoms with E-state index in [4.69, 9.17) is 23.2 Å². The number of nitrogens with one attached hydrogen (secondary N) is 2. The van der Waals surface area contributed by atoms with E-state index >= 15 is 0 Å². The van der Waals surface area contributed by atoms with Gasteiger partial charge >= 0.3 is 0 Å². The first-order valence-electron chi connectivity index (χ1n) is 7.12. The molecule has 120 valence electrons. The molecule has 1 unspecified atom stereocenters. The van der Waals surface area contributed by atoms with E-state index in [-0.39, 0.29) is 24.4 Å². The summed E-state index contributed by atoms with van der Waals surface area (Å²) in [5.41, 5.74) is 0.572. The van der Waals surface area contributed by atoms with Crippen LogP contribution < -0.4 is 10.6 Å². The molecule has 0 radical (unpaired) electrons. The summed E-state index contributed by atoms with van der Waals surface area (Å²) in [5.74, 6) is -0.265. The average molecular weight is 344 g/mol. The molecule has 0 aromatic heterocycles. The highest BCUT2D eigenvalue weighted by atomic mass is 35.5.